The van der Waals surface area contributed by atoms with Crippen molar-refractivity contribution < 1.29 is 4.79 Å². The fraction of sp³-hybridized carbons (Fsp3) is 0.286. The number of aryl methyl sites for hydroxylation is 2. The first-order valence-corrected chi connectivity index (χ1v) is 7.46. The van der Waals surface area contributed by atoms with E-state index in [-0.39, 0.29) is 5.91 Å². The molecule has 1 aliphatic carbocycles. The van der Waals surface area contributed by atoms with Crippen LogP contribution in [-0.2, 0) is 12.8 Å². The van der Waals surface area contributed by atoms with Crippen LogP contribution in [-0.4, -0.2) is 10.9 Å². The third kappa shape index (κ3) is 2.80. The Bertz CT molecular complexity index is 600. The molecule has 1 aliphatic rings. The van der Waals surface area contributed by atoms with E-state index in [1.54, 1.807) is 29.7 Å². The molecule has 98 valence electrons. The van der Waals surface area contributed by atoms with Gasteiger partial charge >= 0.3 is 0 Å². The van der Waals surface area contributed by atoms with Crippen LogP contribution in [0, 0.1) is 0 Å². The van der Waals surface area contributed by atoms with Gasteiger partial charge in [0, 0.05) is 16.1 Å². The Labute approximate surface area is 120 Å². The molecule has 1 N–H and O–H groups in total. The van der Waals surface area contributed by atoms with Gasteiger partial charge in [-0.2, -0.15) is 0 Å². The zero-order valence-electron chi connectivity index (χ0n) is 10.3. The van der Waals surface area contributed by atoms with Gasteiger partial charge in [-0.15, -0.1) is 11.3 Å². The minimum atomic E-state index is -0.103. The third-order valence-electron chi connectivity index (χ3n) is 3.18. The number of fused-ring (bicyclic) bond motifs is 1. The quantitative estimate of drug-likeness (QED) is 0.911. The zero-order valence-corrected chi connectivity index (χ0v) is 11.9. The first-order valence-electron chi connectivity index (χ1n) is 6.27. The lowest BCUT2D eigenvalue weighted by Crippen LogP contribution is -2.11. The number of hydrogen-bond acceptors (Lipinski definition) is 3. The van der Waals surface area contributed by atoms with Crippen LogP contribution in [0.25, 0.3) is 0 Å². The number of anilines is 1. The van der Waals surface area contributed by atoms with Crippen LogP contribution in [0.1, 0.15) is 33.0 Å². The van der Waals surface area contributed by atoms with Crippen molar-refractivity contribution in [2.75, 3.05) is 5.32 Å². The first-order chi connectivity index (χ1) is 9.22. The Morgan fingerprint density at radius 2 is 2.16 bits per heavy atom. The van der Waals surface area contributed by atoms with Gasteiger partial charge in [-0.05, 0) is 49.4 Å². The van der Waals surface area contributed by atoms with Crippen molar-refractivity contribution in [3.63, 3.8) is 0 Å². The number of rotatable bonds is 2. The Morgan fingerprint density at radius 1 is 1.32 bits per heavy atom. The molecular weight excluding hydrogens is 280 g/mol. The summed E-state index contributed by atoms with van der Waals surface area (Å²) in [6, 6.07) is 5.34. The predicted octanol–water partition coefficient (Wildman–Crippen LogP) is 3.93. The minimum absolute atomic E-state index is 0.103. The van der Waals surface area contributed by atoms with Gasteiger partial charge in [-0.1, -0.05) is 11.6 Å². The summed E-state index contributed by atoms with van der Waals surface area (Å²) in [5, 5.41) is 3.35. The van der Waals surface area contributed by atoms with Crippen LogP contribution in [0.5, 0.6) is 0 Å². The molecule has 3 rings (SSSR count). The molecule has 19 heavy (non-hydrogen) atoms. The average molecular weight is 293 g/mol. The highest BCUT2D eigenvalue weighted by Crippen LogP contribution is 2.30. The Morgan fingerprint density at radius 3 is 2.95 bits per heavy atom. The molecule has 0 saturated heterocycles. The molecule has 0 unspecified atom stereocenters. The van der Waals surface area contributed by atoms with Crippen molar-refractivity contribution in [3.05, 3.63) is 44.7 Å². The standard InChI is InChI=1S/C14H13ClN2OS/c15-10-5-6-16-13(8-10)17-14(18)12-7-9-3-1-2-4-11(9)19-12/h5-8H,1-4H2,(H,16,17,18). The molecular formula is C14H13ClN2OS. The number of aromatic nitrogens is 1. The third-order valence-corrected chi connectivity index (χ3v) is 4.65. The monoisotopic (exact) mass is 292 g/mol. The number of thiophene rings is 1. The van der Waals surface area contributed by atoms with E-state index in [2.05, 4.69) is 10.3 Å². The van der Waals surface area contributed by atoms with E-state index in [0.29, 0.717) is 10.8 Å². The summed E-state index contributed by atoms with van der Waals surface area (Å²) in [6.07, 6.45) is 6.22. The van der Waals surface area contributed by atoms with E-state index in [4.69, 9.17) is 11.6 Å². The van der Waals surface area contributed by atoms with Crippen molar-refractivity contribution in [1.82, 2.24) is 4.98 Å². The molecule has 0 aliphatic heterocycles. The summed E-state index contributed by atoms with van der Waals surface area (Å²) in [6.45, 7) is 0. The second-order valence-corrected chi connectivity index (χ2v) is 6.15. The van der Waals surface area contributed by atoms with Crippen LogP contribution in [0.4, 0.5) is 5.82 Å². The molecule has 0 bridgehead atoms. The highest BCUT2D eigenvalue weighted by Gasteiger charge is 2.17. The second-order valence-electron chi connectivity index (χ2n) is 4.58. The van der Waals surface area contributed by atoms with Crippen LogP contribution in [0.3, 0.4) is 0 Å². The molecule has 5 heteroatoms. The van der Waals surface area contributed by atoms with Crippen molar-refractivity contribution in [2.45, 2.75) is 25.7 Å². The van der Waals surface area contributed by atoms with Gasteiger partial charge in [0.2, 0.25) is 0 Å². The van der Waals surface area contributed by atoms with Crippen molar-refractivity contribution in [3.8, 4) is 0 Å². The number of halogens is 1. The summed E-state index contributed by atoms with van der Waals surface area (Å²) >= 11 is 7.46. The summed E-state index contributed by atoms with van der Waals surface area (Å²) in [5.74, 6) is 0.387. The van der Waals surface area contributed by atoms with Crippen LogP contribution >= 0.6 is 22.9 Å². The molecule has 0 aromatic carbocycles. The number of carbonyl (C=O) groups is 1. The number of nitrogens with one attached hydrogen (secondary N) is 1. The fourth-order valence-electron chi connectivity index (χ4n) is 2.25. The highest BCUT2D eigenvalue weighted by atomic mass is 35.5. The smallest absolute Gasteiger partial charge is 0.266 e. The molecule has 0 atom stereocenters. The summed E-state index contributed by atoms with van der Waals surface area (Å²) < 4.78 is 0. The van der Waals surface area contributed by atoms with E-state index >= 15 is 0 Å². The molecule has 3 nitrogen and oxygen atoms in total. The number of nitrogens with zero attached hydrogens (tertiary/aromatic N) is 1. The number of amides is 1. The van der Waals surface area contributed by atoms with Gasteiger partial charge in [0.1, 0.15) is 5.82 Å². The Balaban J connectivity index is 1.78. The fourth-order valence-corrected chi connectivity index (χ4v) is 3.56. The summed E-state index contributed by atoms with van der Waals surface area (Å²) in [5.41, 5.74) is 1.33. The van der Waals surface area contributed by atoms with Gasteiger partial charge in [0.25, 0.3) is 5.91 Å². The van der Waals surface area contributed by atoms with Crippen LogP contribution in [0.15, 0.2) is 24.4 Å². The van der Waals surface area contributed by atoms with Crippen LogP contribution < -0.4 is 5.32 Å². The largest absolute Gasteiger partial charge is 0.306 e. The molecule has 0 spiro atoms. The summed E-state index contributed by atoms with van der Waals surface area (Å²) in [7, 11) is 0. The van der Waals surface area contributed by atoms with E-state index in [9.17, 15) is 4.79 Å². The van der Waals surface area contributed by atoms with Gasteiger partial charge in [-0.25, -0.2) is 4.98 Å². The molecule has 0 radical (unpaired) electrons. The van der Waals surface area contributed by atoms with Gasteiger partial charge in [0.15, 0.2) is 0 Å². The maximum absolute atomic E-state index is 12.2. The predicted molar refractivity (Wildman–Crippen MR) is 78.2 cm³/mol. The molecule has 0 fully saturated rings. The van der Waals surface area contributed by atoms with E-state index in [1.165, 1.54) is 23.3 Å². The molecule has 2 aromatic rings. The number of pyridine rings is 1. The lowest BCUT2D eigenvalue weighted by atomic mass is 9.99. The first kappa shape index (κ1) is 12.6. The molecule has 1 amide bonds. The van der Waals surface area contributed by atoms with E-state index < -0.39 is 0 Å². The average Bonchev–Trinajstić information content (AvgIpc) is 2.82. The van der Waals surface area contributed by atoms with Gasteiger partial charge in [0.05, 0.1) is 4.88 Å². The van der Waals surface area contributed by atoms with Gasteiger partial charge in [-0.3, -0.25) is 4.79 Å². The van der Waals surface area contributed by atoms with E-state index in [1.807, 2.05) is 6.07 Å². The van der Waals surface area contributed by atoms with Gasteiger partial charge < -0.3 is 5.32 Å². The topological polar surface area (TPSA) is 42.0 Å². The van der Waals surface area contributed by atoms with Crippen molar-refractivity contribution in [2.24, 2.45) is 0 Å². The summed E-state index contributed by atoms with van der Waals surface area (Å²) in [4.78, 5) is 18.3. The SMILES string of the molecule is O=C(Nc1cc(Cl)ccn1)c1cc2c(s1)CCCC2. The number of hydrogen-bond donors (Lipinski definition) is 1. The minimum Gasteiger partial charge on any atom is -0.306 e. The van der Waals surface area contributed by atoms with E-state index in [0.717, 1.165) is 17.7 Å². The Kier molecular flexibility index (Phi) is 3.53. The maximum atomic E-state index is 12.2. The highest BCUT2D eigenvalue weighted by molar-refractivity contribution is 7.14. The maximum Gasteiger partial charge on any atom is 0.266 e. The lowest BCUT2D eigenvalue weighted by molar-refractivity contribution is 0.103. The second kappa shape index (κ2) is 5.31. The molecule has 0 saturated carbocycles. The molecule has 2 heterocycles. The van der Waals surface area contributed by atoms with Crippen molar-refractivity contribution >= 4 is 34.7 Å². The van der Waals surface area contributed by atoms with Crippen molar-refractivity contribution in [1.29, 1.82) is 0 Å². The number of carbonyl (C=O) groups excluding carboxylic acids is 1. The molecule has 2 aromatic heterocycles. The van der Waals surface area contributed by atoms with Crippen LogP contribution in [0.2, 0.25) is 5.02 Å². The normalized spacial score (nSPS) is 13.9. The zero-order chi connectivity index (χ0) is 13.2. The lowest BCUT2D eigenvalue weighted by Gasteiger charge is -2.08. The Hall–Kier alpha value is -1.39.